The molecule has 0 aromatic heterocycles. The van der Waals surface area contributed by atoms with Crippen molar-refractivity contribution in [3.8, 4) is 5.75 Å². The number of carbonyl (C=O) groups excluding carboxylic acids is 1. The lowest BCUT2D eigenvalue weighted by Crippen LogP contribution is -2.11. The lowest BCUT2D eigenvalue weighted by molar-refractivity contribution is 0.166. The molecule has 0 radical (unpaired) electrons. The molecular weight excluding hydrogens is 279 g/mol. The molecule has 1 rings (SSSR count). The minimum absolute atomic E-state index is 0.196. The van der Waals surface area contributed by atoms with Gasteiger partial charge in [0.05, 0.1) is 17.8 Å². The Morgan fingerprint density at radius 1 is 1.50 bits per heavy atom. The maximum absolute atomic E-state index is 11.4. The number of nitrogens with one attached hydrogen (secondary N) is 1. The Balaban J connectivity index is 2.69. The van der Waals surface area contributed by atoms with Crippen molar-refractivity contribution in [3.63, 3.8) is 0 Å². The molecule has 0 heterocycles. The van der Waals surface area contributed by atoms with Gasteiger partial charge in [0.15, 0.2) is 0 Å². The van der Waals surface area contributed by atoms with Gasteiger partial charge in [-0.3, -0.25) is 10.2 Å². The van der Waals surface area contributed by atoms with Gasteiger partial charge in [0, 0.05) is 12.5 Å². The van der Waals surface area contributed by atoms with Gasteiger partial charge in [0.2, 0.25) is 0 Å². The molecule has 0 fully saturated rings. The monoisotopic (exact) mass is 290 g/mol. The van der Waals surface area contributed by atoms with Crippen LogP contribution >= 0.6 is 23.2 Å². The molecule has 0 saturated heterocycles. The molecule has 1 amide bonds. The Hall–Kier alpha value is -1.46. The summed E-state index contributed by atoms with van der Waals surface area (Å²) in [6.07, 6.45) is -0.300. The molecule has 1 aromatic carbocycles. The molecule has 5 nitrogen and oxygen atoms in total. The summed E-state index contributed by atoms with van der Waals surface area (Å²) in [7, 11) is 1.51. The number of amides is 1. The van der Waals surface area contributed by atoms with Gasteiger partial charge in [0.25, 0.3) is 0 Å². The zero-order valence-corrected chi connectivity index (χ0v) is 11.4. The van der Waals surface area contributed by atoms with E-state index in [9.17, 15) is 4.79 Å². The lowest BCUT2D eigenvalue weighted by atomic mass is 10.3. The fourth-order valence-corrected chi connectivity index (χ4v) is 1.21. The average molecular weight is 291 g/mol. The largest absolute Gasteiger partial charge is 0.497 e. The summed E-state index contributed by atoms with van der Waals surface area (Å²) in [4.78, 5) is 15.9. The number of nitrogens with zero attached hydrogens (tertiary/aromatic N) is 1. The summed E-state index contributed by atoms with van der Waals surface area (Å²) in [5, 5.41) is 6.39. The highest BCUT2D eigenvalue weighted by Crippen LogP contribution is 2.26. The molecule has 0 unspecified atom stereocenters. The van der Waals surface area contributed by atoms with Crippen molar-refractivity contribution in [1.82, 2.24) is 0 Å². The Labute approximate surface area is 115 Å². The van der Waals surface area contributed by atoms with Gasteiger partial charge in [-0.15, -0.1) is 0 Å². The summed E-state index contributed by atoms with van der Waals surface area (Å²) < 4.78 is 5.01. The quantitative estimate of drug-likeness (QED) is 0.520. The van der Waals surface area contributed by atoms with Gasteiger partial charge < -0.3 is 4.74 Å². The zero-order chi connectivity index (χ0) is 13.5. The summed E-state index contributed by atoms with van der Waals surface area (Å²) in [6.45, 7) is 1.78. The van der Waals surface area contributed by atoms with Crippen LogP contribution in [-0.4, -0.2) is 18.4 Å². The highest BCUT2D eigenvalue weighted by Gasteiger charge is 2.08. The summed E-state index contributed by atoms with van der Waals surface area (Å²) >= 11 is 11.5. The maximum Gasteiger partial charge on any atom is 0.437 e. The van der Waals surface area contributed by atoms with Gasteiger partial charge in [-0.05, 0) is 12.1 Å². The highest BCUT2D eigenvalue weighted by atomic mass is 35.5. The van der Waals surface area contributed by atoms with Crippen molar-refractivity contribution >= 4 is 40.2 Å². The number of rotatable bonds is 4. The van der Waals surface area contributed by atoms with Gasteiger partial charge in [-0.25, -0.2) is 4.79 Å². The molecule has 18 heavy (non-hydrogen) atoms. The van der Waals surface area contributed by atoms with Crippen LogP contribution < -0.4 is 10.1 Å². The van der Waals surface area contributed by atoms with Crippen molar-refractivity contribution in [2.45, 2.75) is 13.3 Å². The van der Waals surface area contributed by atoms with Crippen LogP contribution in [0.25, 0.3) is 0 Å². The molecule has 7 heteroatoms. The predicted octanol–water partition coefficient (Wildman–Crippen LogP) is 3.86. The van der Waals surface area contributed by atoms with Crippen LogP contribution in [-0.2, 0) is 4.84 Å². The first-order chi connectivity index (χ1) is 8.56. The Kier molecular flexibility index (Phi) is 5.74. The van der Waals surface area contributed by atoms with Crippen LogP contribution in [0.2, 0.25) is 5.02 Å². The minimum Gasteiger partial charge on any atom is -0.497 e. The summed E-state index contributed by atoms with van der Waals surface area (Å²) in [5.41, 5.74) is 0.365. The second-order valence-electron chi connectivity index (χ2n) is 3.17. The van der Waals surface area contributed by atoms with E-state index in [0.717, 1.165) is 0 Å². The van der Waals surface area contributed by atoms with E-state index in [0.29, 0.717) is 22.9 Å². The number of anilines is 1. The number of hydrogen-bond donors (Lipinski definition) is 1. The second-order valence-corrected chi connectivity index (χ2v) is 4.01. The smallest absolute Gasteiger partial charge is 0.437 e. The highest BCUT2D eigenvalue weighted by molar-refractivity contribution is 6.65. The fraction of sp³-hybridized carbons (Fsp3) is 0.273. The zero-order valence-electron chi connectivity index (χ0n) is 9.87. The van der Waals surface area contributed by atoms with Crippen LogP contribution in [0.1, 0.15) is 13.3 Å². The van der Waals surface area contributed by atoms with Crippen molar-refractivity contribution in [2.24, 2.45) is 5.16 Å². The fourth-order valence-electron chi connectivity index (χ4n) is 1.02. The van der Waals surface area contributed by atoms with Crippen molar-refractivity contribution in [1.29, 1.82) is 0 Å². The van der Waals surface area contributed by atoms with Crippen molar-refractivity contribution in [2.75, 3.05) is 12.4 Å². The third-order valence-corrected chi connectivity index (χ3v) is 2.60. The Morgan fingerprint density at radius 3 is 2.83 bits per heavy atom. The van der Waals surface area contributed by atoms with Crippen LogP contribution in [0.4, 0.5) is 10.5 Å². The number of benzene rings is 1. The summed E-state index contributed by atoms with van der Waals surface area (Å²) in [6, 6.07) is 4.83. The molecule has 0 aliphatic heterocycles. The van der Waals surface area contributed by atoms with E-state index in [2.05, 4.69) is 15.3 Å². The number of halogens is 2. The van der Waals surface area contributed by atoms with E-state index in [1.807, 2.05) is 0 Å². The van der Waals surface area contributed by atoms with Gasteiger partial charge >= 0.3 is 6.09 Å². The number of carbonyl (C=O) groups is 1. The van der Waals surface area contributed by atoms with E-state index in [1.165, 1.54) is 7.11 Å². The van der Waals surface area contributed by atoms with Crippen LogP contribution in [0.5, 0.6) is 5.75 Å². The molecule has 0 aliphatic carbocycles. The first-order valence-corrected chi connectivity index (χ1v) is 5.86. The summed E-state index contributed by atoms with van der Waals surface area (Å²) in [5.74, 6) is 0.560. The molecule has 1 aromatic rings. The minimum atomic E-state index is -0.781. The van der Waals surface area contributed by atoms with Gasteiger partial charge in [-0.2, -0.15) is 0 Å². The normalized spacial score (nSPS) is 11.0. The van der Waals surface area contributed by atoms with Crippen LogP contribution in [0.3, 0.4) is 0 Å². The Bertz CT molecular complexity index is 464. The molecule has 0 bridgehead atoms. The SMILES string of the molecule is CC/C(Cl)=N/OC(=O)Nc1cc(OC)ccc1Cl. The van der Waals surface area contributed by atoms with Crippen molar-refractivity contribution in [3.05, 3.63) is 23.2 Å². The molecule has 98 valence electrons. The molecule has 0 aliphatic rings. The molecule has 1 N–H and O–H groups in total. The molecule has 0 atom stereocenters. The van der Waals surface area contributed by atoms with E-state index in [4.69, 9.17) is 27.9 Å². The lowest BCUT2D eigenvalue weighted by Gasteiger charge is -2.07. The van der Waals surface area contributed by atoms with E-state index in [-0.39, 0.29) is 5.17 Å². The van der Waals surface area contributed by atoms with E-state index in [1.54, 1.807) is 25.1 Å². The van der Waals surface area contributed by atoms with Crippen LogP contribution in [0.15, 0.2) is 23.4 Å². The Morgan fingerprint density at radius 2 is 2.22 bits per heavy atom. The number of methoxy groups -OCH3 is 1. The first kappa shape index (κ1) is 14.6. The third kappa shape index (κ3) is 4.43. The van der Waals surface area contributed by atoms with Crippen LogP contribution in [0, 0.1) is 0 Å². The second kappa shape index (κ2) is 7.08. The third-order valence-electron chi connectivity index (χ3n) is 1.93. The number of oxime groups is 1. The number of ether oxygens (including phenoxy) is 1. The topological polar surface area (TPSA) is 59.9 Å². The average Bonchev–Trinajstić information content (AvgIpc) is 2.38. The van der Waals surface area contributed by atoms with Crippen molar-refractivity contribution < 1.29 is 14.4 Å². The molecule has 0 saturated carbocycles. The standard InChI is InChI=1S/C11H12Cl2N2O3/c1-3-10(13)15-18-11(16)14-9-6-7(17-2)4-5-8(9)12/h4-6H,3H2,1-2H3,(H,14,16)/b15-10-. The number of hydrogen-bond acceptors (Lipinski definition) is 4. The maximum atomic E-state index is 11.4. The first-order valence-electron chi connectivity index (χ1n) is 5.10. The van der Waals surface area contributed by atoms with Gasteiger partial charge in [-0.1, -0.05) is 35.3 Å². The predicted molar refractivity (Wildman–Crippen MR) is 71.7 cm³/mol. The molecule has 0 spiro atoms. The molecular formula is C11H12Cl2N2O3. The van der Waals surface area contributed by atoms with Gasteiger partial charge in [0.1, 0.15) is 10.9 Å². The van der Waals surface area contributed by atoms with E-state index < -0.39 is 6.09 Å². The van der Waals surface area contributed by atoms with E-state index >= 15 is 0 Å².